The van der Waals surface area contributed by atoms with Crippen molar-refractivity contribution in [1.29, 1.82) is 0 Å². The molecule has 1 aromatic carbocycles. The second-order valence-corrected chi connectivity index (χ2v) is 7.08. The fourth-order valence-electron chi connectivity index (χ4n) is 3.58. The number of hydrogen-bond acceptors (Lipinski definition) is 6. The summed E-state index contributed by atoms with van der Waals surface area (Å²) in [7, 11) is 1.69. The Morgan fingerprint density at radius 3 is 3.00 bits per heavy atom. The molecule has 0 spiro atoms. The molecule has 0 aliphatic carbocycles. The van der Waals surface area contributed by atoms with Crippen molar-refractivity contribution in [2.24, 2.45) is 0 Å². The molecular weight excluding hydrogens is 370 g/mol. The molecule has 1 amide bonds. The van der Waals surface area contributed by atoms with Gasteiger partial charge in [0.25, 0.3) is 5.91 Å². The van der Waals surface area contributed by atoms with Gasteiger partial charge >= 0.3 is 0 Å². The van der Waals surface area contributed by atoms with Gasteiger partial charge in [0.1, 0.15) is 23.7 Å². The maximum absolute atomic E-state index is 12.0. The molecule has 3 aromatic rings. The highest BCUT2D eigenvalue weighted by Gasteiger charge is 2.19. The largest absolute Gasteiger partial charge is 0.497 e. The lowest BCUT2D eigenvalue weighted by Crippen LogP contribution is -2.28. The number of fused-ring (bicyclic) bond motifs is 1. The molecule has 0 bridgehead atoms. The number of nitrogens with zero attached hydrogens (tertiary/aromatic N) is 4. The first-order chi connectivity index (χ1) is 14.2. The Morgan fingerprint density at radius 2 is 2.17 bits per heavy atom. The molecule has 3 heterocycles. The van der Waals surface area contributed by atoms with Gasteiger partial charge in [-0.05, 0) is 23.8 Å². The summed E-state index contributed by atoms with van der Waals surface area (Å²) in [5, 5.41) is 11.6. The van der Waals surface area contributed by atoms with Gasteiger partial charge in [0.2, 0.25) is 0 Å². The topological polar surface area (TPSA) is 85.4 Å². The molecule has 152 valence electrons. The van der Waals surface area contributed by atoms with Gasteiger partial charge in [0.15, 0.2) is 0 Å². The quantitative estimate of drug-likeness (QED) is 0.658. The highest BCUT2D eigenvalue weighted by molar-refractivity contribution is 5.93. The monoisotopic (exact) mass is 395 g/mol. The Balaban J connectivity index is 1.32. The highest BCUT2D eigenvalue weighted by Crippen LogP contribution is 2.16. The van der Waals surface area contributed by atoms with Gasteiger partial charge in [-0.15, -0.1) is 10.2 Å². The molecule has 8 heteroatoms. The normalized spacial score (nSPS) is 14.2. The minimum absolute atomic E-state index is 0.140. The fourth-order valence-corrected chi connectivity index (χ4v) is 3.58. The van der Waals surface area contributed by atoms with Crippen molar-refractivity contribution in [2.75, 3.05) is 26.7 Å². The summed E-state index contributed by atoms with van der Waals surface area (Å²) in [6.45, 7) is 4.10. The first kappa shape index (κ1) is 19.2. The maximum Gasteiger partial charge on any atom is 0.254 e. The summed E-state index contributed by atoms with van der Waals surface area (Å²) in [4.78, 5) is 14.4. The van der Waals surface area contributed by atoms with Crippen LogP contribution in [-0.2, 0) is 25.9 Å². The van der Waals surface area contributed by atoms with Crippen LogP contribution in [0.5, 0.6) is 5.75 Å². The highest BCUT2D eigenvalue weighted by atomic mass is 16.5. The fraction of sp³-hybridized carbons (Fsp3) is 0.381. The molecule has 2 aromatic heterocycles. The number of hydrogen-bond donors (Lipinski definition) is 1. The van der Waals surface area contributed by atoms with E-state index in [1.165, 1.54) is 18.1 Å². The summed E-state index contributed by atoms with van der Waals surface area (Å²) in [5.74, 6) is 2.66. The number of aromatic nitrogens is 3. The van der Waals surface area contributed by atoms with Crippen molar-refractivity contribution in [3.8, 4) is 5.75 Å². The molecule has 0 saturated heterocycles. The molecule has 8 nitrogen and oxygen atoms in total. The number of furan rings is 1. The molecule has 1 N–H and O–H groups in total. The van der Waals surface area contributed by atoms with E-state index in [0.717, 1.165) is 50.0 Å². The van der Waals surface area contributed by atoms with Gasteiger partial charge in [-0.3, -0.25) is 9.69 Å². The maximum atomic E-state index is 12.0. The molecule has 0 fully saturated rings. The summed E-state index contributed by atoms with van der Waals surface area (Å²) in [5.41, 5.74) is 1.77. The van der Waals surface area contributed by atoms with E-state index in [1.807, 2.05) is 12.1 Å². The predicted molar refractivity (Wildman–Crippen MR) is 107 cm³/mol. The molecule has 0 atom stereocenters. The van der Waals surface area contributed by atoms with Crippen LogP contribution in [0.3, 0.4) is 0 Å². The minimum Gasteiger partial charge on any atom is -0.497 e. The molecule has 1 aliphatic rings. The van der Waals surface area contributed by atoms with Gasteiger partial charge in [-0.2, -0.15) is 0 Å². The summed E-state index contributed by atoms with van der Waals surface area (Å²) in [6.07, 6.45) is 4.44. The smallest absolute Gasteiger partial charge is 0.254 e. The van der Waals surface area contributed by atoms with Crippen LogP contribution in [0, 0.1) is 0 Å². The minimum atomic E-state index is -0.140. The van der Waals surface area contributed by atoms with Crippen molar-refractivity contribution in [3.05, 3.63) is 65.6 Å². The van der Waals surface area contributed by atoms with E-state index in [-0.39, 0.29) is 5.91 Å². The van der Waals surface area contributed by atoms with Gasteiger partial charge in [0.05, 0.1) is 18.9 Å². The average molecular weight is 395 g/mol. The van der Waals surface area contributed by atoms with E-state index in [1.54, 1.807) is 13.2 Å². The first-order valence-electron chi connectivity index (χ1n) is 9.79. The average Bonchev–Trinajstić information content (AvgIpc) is 3.36. The zero-order chi connectivity index (χ0) is 20.1. The molecule has 0 saturated carbocycles. The first-order valence-corrected chi connectivity index (χ1v) is 9.79. The van der Waals surface area contributed by atoms with Crippen molar-refractivity contribution < 1.29 is 13.9 Å². The number of carbonyl (C=O) groups excluding carboxylic acids is 1. The number of carbonyl (C=O) groups is 1. The van der Waals surface area contributed by atoms with Crippen molar-refractivity contribution >= 4 is 5.91 Å². The number of benzene rings is 1. The standard InChI is InChI=1S/C21H25N5O3/c1-28-18-4-2-3-16(13-18)14-25-9-6-20-24-23-19(26(20)11-10-25)5-8-22-21(27)17-7-12-29-15-17/h2-4,7,12-13,15H,5-6,8-11,14H2,1H3,(H,22,27). The van der Waals surface area contributed by atoms with Gasteiger partial charge in [-0.1, -0.05) is 12.1 Å². The lowest BCUT2D eigenvalue weighted by molar-refractivity contribution is 0.0953. The summed E-state index contributed by atoms with van der Waals surface area (Å²) in [6, 6.07) is 9.85. The Bertz CT molecular complexity index is 951. The molecule has 0 radical (unpaired) electrons. The van der Waals surface area contributed by atoms with Gasteiger partial charge in [0, 0.05) is 45.6 Å². The third-order valence-corrected chi connectivity index (χ3v) is 5.15. The van der Waals surface area contributed by atoms with Crippen LogP contribution in [0.4, 0.5) is 0 Å². The number of amides is 1. The lowest BCUT2D eigenvalue weighted by Gasteiger charge is -2.20. The molecule has 0 unspecified atom stereocenters. The lowest BCUT2D eigenvalue weighted by atomic mass is 10.2. The van der Waals surface area contributed by atoms with E-state index in [2.05, 4.69) is 37.1 Å². The Morgan fingerprint density at radius 1 is 1.24 bits per heavy atom. The van der Waals surface area contributed by atoms with Crippen LogP contribution in [0.25, 0.3) is 0 Å². The molecule has 29 heavy (non-hydrogen) atoms. The molecule has 1 aliphatic heterocycles. The third-order valence-electron chi connectivity index (χ3n) is 5.15. The molecular formula is C21H25N5O3. The van der Waals surface area contributed by atoms with E-state index < -0.39 is 0 Å². The van der Waals surface area contributed by atoms with Crippen molar-refractivity contribution in [1.82, 2.24) is 25.0 Å². The Hall–Kier alpha value is -3.13. The van der Waals surface area contributed by atoms with Crippen molar-refractivity contribution in [2.45, 2.75) is 25.9 Å². The van der Waals surface area contributed by atoms with Crippen molar-refractivity contribution in [3.63, 3.8) is 0 Å². The van der Waals surface area contributed by atoms with Crippen LogP contribution in [-0.4, -0.2) is 52.3 Å². The van der Waals surface area contributed by atoms with Crippen LogP contribution >= 0.6 is 0 Å². The van der Waals surface area contributed by atoms with Crippen LogP contribution in [0.1, 0.15) is 27.6 Å². The third kappa shape index (κ3) is 4.65. The Labute approximate surface area is 169 Å². The number of ether oxygens (including phenoxy) is 1. The Kier molecular flexibility index (Phi) is 5.90. The van der Waals surface area contributed by atoms with E-state index in [0.29, 0.717) is 18.5 Å². The predicted octanol–water partition coefficient (Wildman–Crippen LogP) is 1.91. The van der Waals surface area contributed by atoms with Gasteiger partial charge < -0.3 is 19.0 Å². The van der Waals surface area contributed by atoms with Gasteiger partial charge in [-0.25, -0.2) is 0 Å². The van der Waals surface area contributed by atoms with E-state index in [9.17, 15) is 4.79 Å². The zero-order valence-corrected chi connectivity index (χ0v) is 16.5. The SMILES string of the molecule is COc1cccc(CN2CCc3nnc(CCNC(=O)c4ccoc4)n3CC2)c1. The summed E-state index contributed by atoms with van der Waals surface area (Å²) >= 11 is 0. The van der Waals surface area contributed by atoms with Crippen LogP contribution < -0.4 is 10.1 Å². The number of nitrogens with one attached hydrogen (secondary N) is 1. The second-order valence-electron chi connectivity index (χ2n) is 7.08. The number of rotatable bonds is 7. The van der Waals surface area contributed by atoms with E-state index in [4.69, 9.17) is 9.15 Å². The van der Waals surface area contributed by atoms with E-state index >= 15 is 0 Å². The van der Waals surface area contributed by atoms with Crippen LogP contribution in [0.2, 0.25) is 0 Å². The zero-order valence-electron chi connectivity index (χ0n) is 16.5. The van der Waals surface area contributed by atoms with Crippen LogP contribution in [0.15, 0.2) is 47.3 Å². The summed E-state index contributed by atoms with van der Waals surface area (Å²) < 4.78 is 12.5. The second kappa shape index (κ2) is 8.91. The molecule has 4 rings (SSSR count). The number of methoxy groups -OCH3 is 1.